The SMILES string of the molecule is C[C@H]1N(C(=O)NC(=O)[C@H](Cc2cnc[nH]2)NC(=O)[C@@H]2CCC(=O)N2)CCC1(C)C. The summed E-state index contributed by atoms with van der Waals surface area (Å²) in [5, 5.41) is 7.65. The van der Waals surface area contributed by atoms with Gasteiger partial charge < -0.3 is 20.5 Å². The number of nitrogens with one attached hydrogen (secondary N) is 4. The smallest absolute Gasteiger partial charge is 0.324 e. The van der Waals surface area contributed by atoms with E-state index in [0.717, 1.165) is 6.42 Å². The van der Waals surface area contributed by atoms with Crippen LogP contribution in [0.2, 0.25) is 0 Å². The van der Waals surface area contributed by atoms with Gasteiger partial charge in [-0.1, -0.05) is 13.8 Å². The van der Waals surface area contributed by atoms with Crippen molar-refractivity contribution in [2.24, 2.45) is 5.41 Å². The molecule has 2 aliphatic heterocycles. The number of hydrogen-bond acceptors (Lipinski definition) is 5. The molecule has 10 heteroatoms. The van der Waals surface area contributed by atoms with Gasteiger partial charge in [0.1, 0.15) is 12.1 Å². The number of amides is 5. The summed E-state index contributed by atoms with van der Waals surface area (Å²) in [4.78, 5) is 57.8. The van der Waals surface area contributed by atoms with Crippen molar-refractivity contribution in [3.63, 3.8) is 0 Å². The van der Waals surface area contributed by atoms with E-state index >= 15 is 0 Å². The summed E-state index contributed by atoms with van der Waals surface area (Å²) >= 11 is 0. The Kier molecular flexibility index (Phi) is 5.90. The number of H-pyrrole nitrogens is 1. The van der Waals surface area contributed by atoms with Gasteiger partial charge in [0.15, 0.2) is 0 Å². The van der Waals surface area contributed by atoms with Gasteiger partial charge in [0, 0.05) is 37.3 Å². The molecule has 0 saturated carbocycles. The van der Waals surface area contributed by atoms with Crippen LogP contribution in [-0.4, -0.2) is 63.3 Å². The van der Waals surface area contributed by atoms with Gasteiger partial charge in [0.25, 0.3) is 5.91 Å². The van der Waals surface area contributed by atoms with Crippen LogP contribution in [0.5, 0.6) is 0 Å². The monoisotopic (exact) mass is 404 g/mol. The van der Waals surface area contributed by atoms with Crippen molar-refractivity contribution in [3.8, 4) is 0 Å². The van der Waals surface area contributed by atoms with Gasteiger partial charge in [-0.15, -0.1) is 0 Å². The Labute approximate surface area is 169 Å². The largest absolute Gasteiger partial charge is 0.348 e. The molecule has 5 amide bonds. The number of imide groups is 1. The van der Waals surface area contributed by atoms with Crippen LogP contribution in [-0.2, 0) is 20.8 Å². The van der Waals surface area contributed by atoms with Crippen LogP contribution in [0.15, 0.2) is 12.5 Å². The minimum Gasteiger partial charge on any atom is -0.348 e. The first-order chi connectivity index (χ1) is 13.7. The Morgan fingerprint density at radius 1 is 1.38 bits per heavy atom. The van der Waals surface area contributed by atoms with Crippen molar-refractivity contribution in [1.29, 1.82) is 0 Å². The minimum atomic E-state index is -0.977. The molecule has 3 heterocycles. The summed E-state index contributed by atoms with van der Waals surface area (Å²) in [7, 11) is 0. The number of carbonyl (C=O) groups is 4. The van der Waals surface area contributed by atoms with Gasteiger partial charge in [-0.3, -0.25) is 19.7 Å². The molecule has 158 valence electrons. The molecule has 3 atom stereocenters. The third-order valence-corrected chi connectivity index (χ3v) is 6.01. The summed E-state index contributed by atoms with van der Waals surface area (Å²) < 4.78 is 0. The maximum absolute atomic E-state index is 12.8. The summed E-state index contributed by atoms with van der Waals surface area (Å²) in [6, 6.07) is -2.12. The van der Waals surface area contributed by atoms with Crippen molar-refractivity contribution in [2.75, 3.05) is 6.54 Å². The normalized spacial score (nSPS) is 24.1. The Morgan fingerprint density at radius 3 is 2.69 bits per heavy atom. The number of carbonyl (C=O) groups excluding carboxylic acids is 4. The average Bonchev–Trinajstić information content (AvgIpc) is 3.37. The summed E-state index contributed by atoms with van der Waals surface area (Å²) in [6.07, 6.45) is 4.68. The second-order valence-electron chi connectivity index (χ2n) is 8.40. The van der Waals surface area contributed by atoms with Gasteiger partial charge in [-0.2, -0.15) is 0 Å². The lowest BCUT2D eigenvalue weighted by molar-refractivity contribution is -0.130. The molecule has 0 unspecified atom stereocenters. The van der Waals surface area contributed by atoms with Crippen LogP contribution < -0.4 is 16.0 Å². The number of aromatic nitrogens is 2. The summed E-state index contributed by atoms with van der Waals surface area (Å²) in [5.41, 5.74) is 0.619. The first-order valence-electron chi connectivity index (χ1n) is 9.86. The molecule has 3 rings (SSSR count). The maximum atomic E-state index is 12.8. The number of likely N-dealkylation sites (tertiary alicyclic amines) is 1. The predicted molar refractivity (Wildman–Crippen MR) is 103 cm³/mol. The van der Waals surface area contributed by atoms with Crippen LogP contribution in [0, 0.1) is 5.41 Å². The van der Waals surface area contributed by atoms with E-state index in [1.807, 2.05) is 6.92 Å². The van der Waals surface area contributed by atoms with Crippen LogP contribution in [0.1, 0.15) is 45.7 Å². The van der Waals surface area contributed by atoms with E-state index in [1.54, 1.807) is 11.1 Å². The minimum absolute atomic E-state index is 0.00958. The summed E-state index contributed by atoms with van der Waals surface area (Å²) in [6.45, 7) is 6.70. The van der Waals surface area contributed by atoms with Crippen molar-refractivity contribution in [2.45, 2.75) is 64.6 Å². The van der Waals surface area contributed by atoms with Gasteiger partial charge in [-0.05, 0) is 25.2 Å². The fourth-order valence-electron chi connectivity index (χ4n) is 3.68. The number of nitrogens with zero attached hydrogens (tertiary/aromatic N) is 2. The van der Waals surface area contributed by atoms with E-state index < -0.39 is 29.9 Å². The van der Waals surface area contributed by atoms with E-state index in [2.05, 4.69) is 39.8 Å². The quantitative estimate of drug-likeness (QED) is 0.551. The van der Waals surface area contributed by atoms with Crippen molar-refractivity contribution in [1.82, 2.24) is 30.8 Å². The molecule has 2 fully saturated rings. The van der Waals surface area contributed by atoms with Crippen LogP contribution in [0.4, 0.5) is 4.79 Å². The highest BCUT2D eigenvalue weighted by molar-refractivity contribution is 6.00. The van der Waals surface area contributed by atoms with Crippen LogP contribution >= 0.6 is 0 Å². The predicted octanol–water partition coefficient (Wildman–Crippen LogP) is 0.0722. The zero-order valence-corrected chi connectivity index (χ0v) is 16.9. The lowest BCUT2D eigenvalue weighted by Crippen LogP contribution is -2.56. The number of aromatic amines is 1. The van der Waals surface area contributed by atoms with E-state index in [-0.39, 0.29) is 30.2 Å². The molecule has 1 aromatic heterocycles. The lowest BCUT2D eigenvalue weighted by Gasteiger charge is -2.29. The Balaban J connectivity index is 1.66. The van der Waals surface area contributed by atoms with Crippen molar-refractivity contribution >= 4 is 23.8 Å². The number of rotatable bonds is 5. The molecule has 4 N–H and O–H groups in total. The van der Waals surface area contributed by atoms with E-state index in [9.17, 15) is 19.2 Å². The average molecular weight is 404 g/mol. The Hall–Kier alpha value is -2.91. The fourth-order valence-corrected chi connectivity index (χ4v) is 3.68. The van der Waals surface area contributed by atoms with E-state index in [0.29, 0.717) is 18.7 Å². The summed E-state index contributed by atoms with van der Waals surface area (Å²) in [5.74, 6) is -1.24. The third-order valence-electron chi connectivity index (χ3n) is 6.01. The molecule has 2 aliphatic rings. The zero-order valence-electron chi connectivity index (χ0n) is 16.9. The topological polar surface area (TPSA) is 136 Å². The maximum Gasteiger partial charge on any atom is 0.324 e. The number of hydrogen-bond donors (Lipinski definition) is 4. The van der Waals surface area contributed by atoms with Gasteiger partial charge >= 0.3 is 6.03 Å². The standard InChI is InChI=1S/C19H28N6O4/c1-11-19(2,3)6-7-25(11)18(29)24-17(28)14(8-12-9-20-10-21-12)23-16(27)13-4-5-15(26)22-13/h9-11,13-14H,4-8H2,1-3H3,(H,20,21)(H,22,26)(H,23,27)(H,24,28,29)/t11-,13+,14+/m1/s1. The molecule has 0 aromatic carbocycles. The molecule has 0 bridgehead atoms. The Morgan fingerprint density at radius 2 is 2.14 bits per heavy atom. The molecule has 1 aromatic rings. The molecule has 10 nitrogen and oxygen atoms in total. The van der Waals surface area contributed by atoms with Crippen LogP contribution in [0.25, 0.3) is 0 Å². The molecule has 0 spiro atoms. The molecular weight excluding hydrogens is 376 g/mol. The van der Waals surface area contributed by atoms with Crippen molar-refractivity contribution in [3.05, 3.63) is 18.2 Å². The molecule has 0 aliphatic carbocycles. The lowest BCUT2D eigenvalue weighted by atomic mass is 9.86. The number of imidazole rings is 1. The highest BCUT2D eigenvalue weighted by atomic mass is 16.2. The molecule has 2 saturated heterocycles. The van der Waals surface area contributed by atoms with Crippen LogP contribution in [0.3, 0.4) is 0 Å². The Bertz CT molecular complexity index is 791. The first kappa shape index (κ1) is 20.8. The third kappa shape index (κ3) is 4.75. The molecule has 0 radical (unpaired) electrons. The zero-order chi connectivity index (χ0) is 21.2. The molecular formula is C19H28N6O4. The number of urea groups is 1. The van der Waals surface area contributed by atoms with Gasteiger partial charge in [0.05, 0.1) is 6.33 Å². The van der Waals surface area contributed by atoms with Gasteiger partial charge in [-0.25, -0.2) is 9.78 Å². The highest BCUT2D eigenvalue weighted by Crippen LogP contribution is 2.35. The van der Waals surface area contributed by atoms with E-state index in [1.165, 1.54) is 6.33 Å². The fraction of sp³-hybridized carbons (Fsp3) is 0.632. The first-order valence-corrected chi connectivity index (χ1v) is 9.86. The molecule has 29 heavy (non-hydrogen) atoms. The second kappa shape index (κ2) is 8.22. The highest BCUT2D eigenvalue weighted by Gasteiger charge is 2.40. The van der Waals surface area contributed by atoms with Crippen molar-refractivity contribution < 1.29 is 19.2 Å². The van der Waals surface area contributed by atoms with E-state index in [4.69, 9.17) is 0 Å². The van der Waals surface area contributed by atoms with Gasteiger partial charge in [0.2, 0.25) is 11.8 Å². The second-order valence-corrected chi connectivity index (χ2v) is 8.40.